The van der Waals surface area contributed by atoms with E-state index in [4.69, 9.17) is 0 Å². The van der Waals surface area contributed by atoms with Crippen LogP contribution in [0.5, 0.6) is 0 Å². The largest absolute Gasteiger partial charge is 0.317 e. The van der Waals surface area contributed by atoms with Crippen LogP contribution in [0.15, 0.2) is 0 Å². The summed E-state index contributed by atoms with van der Waals surface area (Å²) in [4.78, 5) is 2.78. The fraction of sp³-hybridized carbons (Fsp3) is 1.00. The smallest absolute Gasteiger partial charge is 0.00952 e. The molecule has 2 heteroatoms. The molecule has 0 aromatic carbocycles. The molecule has 2 rings (SSSR count). The van der Waals surface area contributed by atoms with Gasteiger partial charge in [0.05, 0.1) is 0 Å². The fourth-order valence-electron chi connectivity index (χ4n) is 3.04. The van der Waals surface area contributed by atoms with Gasteiger partial charge in [0, 0.05) is 6.04 Å². The Morgan fingerprint density at radius 1 is 0.733 bits per heavy atom. The SMILES string of the molecule is C1CCCC(N2CCCNCCC2)CC1. The van der Waals surface area contributed by atoms with Crippen molar-refractivity contribution in [2.24, 2.45) is 0 Å². The topological polar surface area (TPSA) is 15.3 Å². The van der Waals surface area contributed by atoms with Gasteiger partial charge in [-0.05, 0) is 51.9 Å². The van der Waals surface area contributed by atoms with E-state index in [0.29, 0.717) is 0 Å². The molecular formula is C13H26N2. The standard InChI is InChI=1S/C13H26N2/c1-2-4-8-13(7-3-1)15-11-5-9-14-10-6-12-15/h13-14H,1-12H2. The molecule has 0 amide bonds. The van der Waals surface area contributed by atoms with E-state index in [-0.39, 0.29) is 0 Å². The van der Waals surface area contributed by atoms with Crippen LogP contribution in [0.4, 0.5) is 0 Å². The Morgan fingerprint density at radius 3 is 1.93 bits per heavy atom. The highest BCUT2D eigenvalue weighted by molar-refractivity contribution is 4.76. The summed E-state index contributed by atoms with van der Waals surface area (Å²) in [5.41, 5.74) is 0. The van der Waals surface area contributed by atoms with Crippen molar-refractivity contribution >= 4 is 0 Å². The number of hydrogen-bond acceptors (Lipinski definition) is 2. The van der Waals surface area contributed by atoms with Crippen LogP contribution in [0.25, 0.3) is 0 Å². The van der Waals surface area contributed by atoms with E-state index in [1.165, 1.54) is 77.5 Å². The van der Waals surface area contributed by atoms with E-state index in [1.54, 1.807) is 0 Å². The Bertz CT molecular complexity index is 154. The van der Waals surface area contributed by atoms with Crippen LogP contribution in [-0.4, -0.2) is 37.1 Å². The second-order valence-electron chi connectivity index (χ2n) is 5.14. The van der Waals surface area contributed by atoms with Crippen molar-refractivity contribution < 1.29 is 0 Å². The van der Waals surface area contributed by atoms with Crippen LogP contribution < -0.4 is 5.32 Å². The summed E-state index contributed by atoms with van der Waals surface area (Å²) in [5.74, 6) is 0. The first-order valence-corrected chi connectivity index (χ1v) is 6.91. The van der Waals surface area contributed by atoms with E-state index < -0.39 is 0 Å². The molecule has 0 spiro atoms. The third kappa shape index (κ3) is 3.76. The van der Waals surface area contributed by atoms with Crippen molar-refractivity contribution in [1.82, 2.24) is 10.2 Å². The van der Waals surface area contributed by atoms with Crippen LogP contribution in [0.1, 0.15) is 51.4 Å². The average molecular weight is 210 g/mol. The monoisotopic (exact) mass is 210 g/mol. The lowest BCUT2D eigenvalue weighted by molar-refractivity contribution is 0.167. The highest BCUT2D eigenvalue weighted by Crippen LogP contribution is 2.22. The molecule has 1 saturated heterocycles. The van der Waals surface area contributed by atoms with Gasteiger partial charge in [-0.1, -0.05) is 25.7 Å². The van der Waals surface area contributed by atoms with Gasteiger partial charge >= 0.3 is 0 Å². The summed E-state index contributed by atoms with van der Waals surface area (Å²) in [6, 6.07) is 0.922. The van der Waals surface area contributed by atoms with E-state index in [9.17, 15) is 0 Å². The van der Waals surface area contributed by atoms with Gasteiger partial charge in [0.25, 0.3) is 0 Å². The zero-order chi connectivity index (χ0) is 10.3. The predicted molar refractivity (Wildman–Crippen MR) is 65.2 cm³/mol. The summed E-state index contributed by atoms with van der Waals surface area (Å²) >= 11 is 0. The molecule has 1 saturated carbocycles. The second kappa shape index (κ2) is 6.49. The van der Waals surface area contributed by atoms with Crippen molar-refractivity contribution in [3.8, 4) is 0 Å². The van der Waals surface area contributed by atoms with Crippen molar-refractivity contribution in [2.75, 3.05) is 26.2 Å². The van der Waals surface area contributed by atoms with Crippen molar-refractivity contribution in [1.29, 1.82) is 0 Å². The lowest BCUT2D eigenvalue weighted by atomic mass is 10.1. The zero-order valence-corrected chi connectivity index (χ0v) is 10.0. The van der Waals surface area contributed by atoms with Crippen molar-refractivity contribution in [3.63, 3.8) is 0 Å². The molecule has 0 unspecified atom stereocenters. The summed E-state index contributed by atoms with van der Waals surface area (Å²) in [6.45, 7) is 5.11. The molecular weight excluding hydrogens is 184 g/mol. The molecule has 1 aliphatic heterocycles. The Balaban J connectivity index is 1.82. The van der Waals surface area contributed by atoms with Gasteiger partial charge in [-0.15, -0.1) is 0 Å². The number of nitrogens with zero attached hydrogens (tertiary/aromatic N) is 1. The van der Waals surface area contributed by atoms with Crippen molar-refractivity contribution in [2.45, 2.75) is 57.4 Å². The van der Waals surface area contributed by atoms with Gasteiger partial charge in [0.1, 0.15) is 0 Å². The first kappa shape index (κ1) is 11.4. The first-order valence-electron chi connectivity index (χ1n) is 6.91. The minimum Gasteiger partial charge on any atom is -0.317 e. The van der Waals surface area contributed by atoms with Crippen LogP contribution in [0.2, 0.25) is 0 Å². The van der Waals surface area contributed by atoms with Crippen LogP contribution in [0, 0.1) is 0 Å². The van der Waals surface area contributed by atoms with Gasteiger partial charge in [-0.25, -0.2) is 0 Å². The third-order valence-corrected chi connectivity index (χ3v) is 3.94. The highest BCUT2D eigenvalue weighted by atomic mass is 15.2. The molecule has 1 N–H and O–H groups in total. The molecule has 0 bridgehead atoms. The zero-order valence-electron chi connectivity index (χ0n) is 10.0. The lowest BCUT2D eigenvalue weighted by Gasteiger charge is -2.32. The highest BCUT2D eigenvalue weighted by Gasteiger charge is 2.19. The predicted octanol–water partition coefficient (Wildman–Crippen LogP) is 2.39. The van der Waals surface area contributed by atoms with E-state index in [0.717, 1.165) is 6.04 Å². The molecule has 1 heterocycles. The maximum Gasteiger partial charge on any atom is 0.00952 e. The van der Waals surface area contributed by atoms with Gasteiger partial charge in [0.15, 0.2) is 0 Å². The Morgan fingerprint density at radius 2 is 1.33 bits per heavy atom. The molecule has 0 aromatic rings. The quantitative estimate of drug-likeness (QED) is 0.669. The maximum atomic E-state index is 3.50. The molecule has 1 aliphatic carbocycles. The van der Waals surface area contributed by atoms with Gasteiger partial charge < -0.3 is 10.2 Å². The Kier molecular flexibility index (Phi) is 4.94. The summed E-state index contributed by atoms with van der Waals surface area (Å²) < 4.78 is 0. The van der Waals surface area contributed by atoms with Crippen LogP contribution in [0.3, 0.4) is 0 Å². The molecule has 15 heavy (non-hydrogen) atoms. The Labute approximate surface area is 94.4 Å². The van der Waals surface area contributed by atoms with E-state index >= 15 is 0 Å². The van der Waals surface area contributed by atoms with Crippen molar-refractivity contribution in [3.05, 3.63) is 0 Å². The summed E-state index contributed by atoms with van der Waals surface area (Å²) in [5, 5.41) is 3.50. The maximum absolute atomic E-state index is 3.50. The molecule has 0 radical (unpaired) electrons. The van der Waals surface area contributed by atoms with Gasteiger partial charge in [-0.2, -0.15) is 0 Å². The van der Waals surface area contributed by atoms with Crippen LogP contribution in [-0.2, 0) is 0 Å². The molecule has 88 valence electrons. The first-order chi connectivity index (χ1) is 7.47. The van der Waals surface area contributed by atoms with E-state index in [2.05, 4.69) is 10.2 Å². The summed E-state index contributed by atoms with van der Waals surface area (Å²) in [6.07, 6.45) is 11.5. The summed E-state index contributed by atoms with van der Waals surface area (Å²) in [7, 11) is 0. The Hall–Kier alpha value is -0.0800. The molecule has 0 aromatic heterocycles. The number of hydrogen-bond donors (Lipinski definition) is 1. The molecule has 2 fully saturated rings. The molecule has 2 nitrogen and oxygen atoms in total. The van der Waals surface area contributed by atoms with Crippen LogP contribution >= 0.6 is 0 Å². The number of rotatable bonds is 1. The minimum absolute atomic E-state index is 0.922. The normalized spacial score (nSPS) is 28.0. The van der Waals surface area contributed by atoms with E-state index in [1.807, 2.05) is 0 Å². The fourth-order valence-corrected chi connectivity index (χ4v) is 3.04. The third-order valence-electron chi connectivity index (χ3n) is 3.94. The molecule has 2 aliphatic rings. The minimum atomic E-state index is 0.922. The number of nitrogens with one attached hydrogen (secondary N) is 1. The second-order valence-corrected chi connectivity index (χ2v) is 5.14. The molecule has 0 atom stereocenters. The average Bonchev–Trinajstić information content (AvgIpc) is 2.45. The lowest BCUT2D eigenvalue weighted by Crippen LogP contribution is -2.40. The van der Waals surface area contributed by atoms with Gasteiger partial charge in [-0.3, -0.25) is 0 Å². The van der Waals surface area contributed by atoms with Gasteiger partial charge in [0.2, 0.25) is 0 Å².